The number of fused-ring (bicyclic) bond motifs is 1. The van der Waals surface area contributed by atoms with Gasteiger partial charge in [-0.2, -0.15) is 0 Å². The Morgan fingerprint density at radius 2 is 1.96 bits per heavy atom. The number of pyridine rings is 1. The molecule has 1 unspecified atom stereocenters. The van der Waals surface area contributed by atoms with E-state index in [0.29, 0.717) is 12.6 Å². The van der Waals surface area contributed by atoms with Gasteiger partial charge in [-0.25, -0.2) is 4.98 Å². The van der Waals surface area contributed by atoms with Crippen molar-refractivity contribution in [3.05, 3.63) is 35.4 Å². The Morgan fingerprint density at radius 1 is 1.14 bits per heavy atom. The molecule has 1 atom stereocenters. The third kappa shape index (κ3) is 4.48. The lowest BCUT2D eigenvalue weighted by Gasteiger charge is -2.35. The number of β-amino-alcohol motifs (C(OH)–C–C–N with tert-alkyl or cyclic N) is 1. The maximum Gasteiger partial charge on any atom is 0.133 e. The van der Waals surface area contributed by atoms with Crippen LogP contribution in [0.3, 0.4) is 0 Å². The van der Waals surface area contributed by atoms with Crippen molar-refractivity contribution >= 4 is 16.7 Å². The third-order valence-corrected chi connectivity index (χ3v) is 6.05. The molecule has 28 heavy (non-hydrogen) atoms. The van der Waals surface area contributed by atoms with Crippen LogP contribution in [0.1, 0.15) is 43.7 Å². The van der Waals surface area contributed by atoms with Crippen molar-refractivity contribution in [2.45, 2.75) is 58.3 Å². The first-order chi connectivity index (χ1) is 13.6. The van der Waals surface area contributed by atoms with E-state index in [2.05, 4.69) is 47.9 Å². The quantitative estimate of drug-likeness (QED) is 0.856. The molecule has 2 fully saturated rings. The second kappa shape index (κ2) is 8.76. The van der Waals surface area contributed by atoms with Crippen molar-refractivity contribution in [3.8, 4) is 0 Å². The summed E-state index contributed by atoms with van der Waals surface area (Å²) in [6.07, 6.45) is 4.28. The topological polar surface area (TPSA) is 48.8 Å². The van der Waals surface area contributed by atoms with Gasteiger partial charge < -0.3 is 14.7 Å². The molecule has 5 heteroatoms. The molecule has 152 valence electrons. The average molecular weight is 384 g/mol. The van der Waals surface area contributed by atoms with E-state index in [0.717, 1.165) is 69.8 Å². The molecule has 0 radical (unpaired) electrons. The number of aliphatic hydroxyl groups excluding tert-OH is 1. The first kappa shape index (κ1) is 19.6. The van der Waals surface area contributed by atoms with Gasteiger partial charge in [0.1, 0.15) is 5.82 Å². The number of hydrogen-bond acceptors (Lipinski definition) is 5. The molecule has 2 saturated heterocycles. The maximum atomic E-state index is 10.2. The van der Waals surface area contributed by atoms with Gasteiger partial charge in [0, 0.05) is 50.3 Å². The molecule has 1 aromatic heterocycles. The lowest BCUT2D eigenvalue weighted by molar-refractivity contribution is 0.0125. The zero-order valence-corrected chi connectivity index (χ0v) is 17.2. The number of aryl methyl sites for hydroxylation is 1. The molecule has 1 aromatic carbocycles. The fourth-order valence-electron chi connectivity index (χ4n) is 4.58. The fourth-order valence-corrected chi connectivity index (χ4v) is 4.58. The van der Waals surface area contributed by atoms with Crippen LogP contribution in [0.15, 0.2) is 24.3 Å². The van der Waals surface area contributed by atoms with Crippen LogP contribution in [0.25, 0.3) is 10.9 Å². The Labute approximate surface area is 168 Å². The number of ether oxygens (including phenoxy) is 1. The van der Waals surface area contributed by atoms with Gasteiger partial charge in [-0.05, 0) is 57.7 Å². The largest absolute Gasteiger partial charge is 0.391 e. The molecule has 0 aliphatic carbocycles. The monoisotopic (exact) mass is 383 g/mol. The van der Waals surface area contributed by atoms with Crippen molar-refractivity contribution < 1.29 is 9.84 Å². The van der Waals surface area contributed by atoms with Crippen LogP contribution in [-0.2, 0) is 11.3 Å². The minimum atomic E-state index is -0.251. The van der Waals surface area contributed by atoms with Crippen LogP contribution in [0, 0.1) is 6.92 Å². The molecule has 0 spiro atoms. The molecule has 0 saturated carbocycles. The Balaban J connectivity index is 1.60. The highest BCUT2D eigenvalue weighted by Gasteiger charge is 2.24. The molecule has 5 nitrogen and oxygen atoms in total. The molecular weight excluding hydrogens is 350 g/mol. The summed E-state index contributed by atoms with van der Waals surface area (Å²) in [6.45, 7) is 9.72. The molecule has 4 rings (SSSR count). The average Bonchev–Trinajstić information content (AvgIpc) is 2.69. The van der Waals surface area contributed by atoms with Crippen LogP contribution in [-0.4, -0.2) is 60.0 Å². The Bertz CT molecular complexity index is 802. The second-order valence-electron chi connectivity index (χ2n) is 8.34. The standard InChI is InChI=1S/C23H33N3O2/c1-3-28-21-8-11-25(12-9-21)15-19-14-18-13-17(2)6-7-22(18)24-23(19)26-10-4-5-20(27)16-26/h6-7,13-14,20-21,27H,3-5,8-12,15-16H2,1-2H3. The van der Waals surface area contributed by atoms with Crippen LogP contribution < -0.4 is 4.90 Å². The molecule has 0 bridgehead atoms. The zero-order chi connectivity index (χ0) is 19.5. The highest BCUT2D eigenvalue weighted by Crippen LogP contribution is 2.29. The second-order valence-corrected chi connectivity index (χ2v) is 8.34. The van der Waals surface area contributed by atoms with Crippen molar-refractivity contribution in [2.24, 2.45) is 0 Å². The smallest absolute Gasteiger partial charge is 0.133 e. The zero-order valence-electron chi connectivity index (χ0n) is 17.2. The first-order valence-corrected chi connectivity index (χ1v) is 10.8. The summed E-state index contributed by atoms with van der Waals surface area (Å²) in [5, 5.41) is 11.4. The number of aromatic nitrogens is 1. The fraction of sp³-hybridized carbons (Fsp3) is 0.609. The van der Waals surface area contributed by atoms with Crippen molar-refractivity contribution in [3.63, 3.8) is 0 Å². The van der Waals surface area contributed by atoms with Crippen LogP contribution in [0.5, 0.6) is 0 Å². The molecule has 2 aliphatic rings. The first-order valence-electron chi connectivity index (χ1n) is 10.8. The third-order valence-electron chi connectivity index (χ3n) is 6.05. The Kier molecular flexibility index (Phi) is 6.14. The predicted octanol–water partition coefficient (Wildman–Crippen LogP) is 3.51. The van der Waals surface area contributed by atoms with E-state index in [1.165, 1.54) is 16.5 Å². The van der Waals surface area contributed by atoms with Crippen molar-refractivity contribution in [2.75, 3.05) is 37.7 Å². The van der Waals surface area contributed by atoms with E-state index in [-0.39, 0.29) is 6.10 Å². The van der Waals surface area contributed by atoms with Gasteiger partial charge in [-0.3, -0.25) is 4.90 Å². The minimum Gasteiger partial charge on any atom is -0.391 e. The van der Waals surface area contributed by atoms with Gasteiger partial charge in [0.15, 0.2) is 0 Å². The number of anilines is 1. The summed E-state index contributed by atoms with van der Waals surface area (Å²) in [5.41, 5.74) is 3.58. The van der Waals surface area contributed by atoms with E-state index in [1.54, 1.807) is 0 Å². The number of rotatable bonds is 5. The number of benzene rings is 1. The molecule has 2 aromatic rings. The summed E-state index contributed by atoms with van der Waals surface area (Å²) in [5.74, 6) is 1.06. The van der Waals surface area contributed by atoms with Gasteiger partial charge in [0.2, 0.25) is 0 Å². The Morgan fingerprint density at radius 3 is 2.71 bits per heavy atom. The number of likely N-dealkylation sites (tertiary alicyclic amines) is 1. The van der Waals surface area contributed by atoms with Gasteiger partial charge in [-0.1, -0.05) is 11.6 Å². The van der Waals surface area contributed by atoms with E-state index in [9.17, 15) is 5.11 Å². The summed E-state index contributed by atoms with van der Waals surface area (Å²) >= 11 is 0. The summed E-state index contributed by atoms with van der Waals surface area (Å²) in [7, 11) is 0. The highest BCUT2D eigenvalue weighted by atomic mass is 16.5. The van der Waals surface area contributed by atoms with E-state index < -0.39 is 0 Å². The van der Waals surface area contributed by atoms with Crippen LogP contribution >= 0.6 is 0 Å². The minimum absolute atomic E-state index is 0.251. The molecule has 1 N–H and O–H groups in total. The van der Waals surface area contributed by atoms with Gasteiger partial charge in [0.25, 0.3) is 0 Å². The van der Waals surface area contributed by atoms with E-state index in [1.807, 2.05) is 0 Å². The van der Waals surface area contributed by atoms with Crippen molar-refractivity contribution in [1.29, 1.82) is 0 Å². The summed E-state index contributed by atoms with van der Waals surface area (Å²) < 4.78 is 5.81. The number of aliphatic hydroxyl groups is 1. The maximum absolute atomic E-state index is 10.2. The van der Waals surface area contributed by atoms with Gasteiger partial charge in [-0.15, -0.1) is 0 Å². The molecular formula is C23H33N3O2. The van der Waals surface area contributed by atoms with Crippen LogP contribution in [0.2, 0.25) is 0 Å². The van der Waals surface area contributed by atoms with Gasteiger partial charge >= 0.3 is 0 Å². The normalized spacial score (nSPS) is 22.1. The van der Waals surface area contributed by atoms with E-state index in [4.69, 9.17) is 9.72 Å². The van der Waals surface area contributed by atoms with Gasteiger partial charge in [0.05, 0.1) is 17.7 Å². The Hall–Kier alpha value is -1.69. The molecule has 2 aliphatic heterocycles. The lowest BCUT2D eigenvalue weighted by atomic mass is 10.0. The number of piperidine rings is 2. The van der Waals surface area contributed by atoms with Crippen LogP contribution in [0.4, 0.5) is 5.82 Å². The van der Waals surface area contributed by atoms with Crippen molar-refractivity contribution in [1.82, 2.24) is 9.88 Å². The summed E-state index contributed by atoms with van der Waals surface area (Å²) in [6, 6.07) is 8.79. The predicted molar refractivity (Wildman–Crippen MR) is 114 cm³/mol. The SMILES string of the molecule is CCOC1CCN(Cc2cc3cc(C)ccc3nc2N2CCCC(O)C2)CC1. The number of nitrogens with zero attached hydrogens (tertiary/aromatic N) is 3. The molecule has 0 amide bonds. The highest BCUT2D eigenvalue weighted by molar-refractivity contribution is 5.82. The van der Waals surface area contributed by atoms with E-state index >= 15 is 0 Å². The number of hydrogen-bond donors (Lipinski definition) is 1. The molecule has 3 heterocycles. The summed E-state index contributed by atoms with van der Waals surface area (Å²) in [4.78, 5) is 9.86. The lowest BCUT2D eigenvalue weighted by Crippen LogP contribution is -2.40.